The Morgan fingerprint density at radius 1 is 1.30 bits per heavy atom. The minimum atomic E-state index is -0.259. The molecule has 2 amide bonds. The highest BCUT2D eigenvalue weighted by Crippen LogP contribution is 2.30. The molecular weight excluding hydrogens is 447 g/mol. The molecule has 0 saturated heterocycles. The van der Waals surface area contributed by atoms with Gasteiger partial charge in [-0.1, -0.05) is 30.1 Å². The number of ether oxygens (including phenoxy) is 1. The second-order valence-electron chi connectivity index (χ2n) is 6.70. The summed E-state index contributed by atoms with van der Waals surface area (Å²) >= 11 is 13.5. The van der Waals surface area contributed by atoms with Crippen molar-refractivity contribution < 1.29 is 14.3 Å². The quantitative estimate of drug-likeness (QED) is 0.499. The van der Waals surface area contributed by atoms with Crippen LogP contribution in [0.15, 0.2) is 23.6 Å². The van der Waals surface area contributed by atoms with Crippen molar-refractivity contribution in [1.82, 2.24) is 15.2 Å². The van der Waals surface area contributed by atoms with Crippen LogP contribution in [0.2, 0.25) is 10.0 Å². The molecule has 1 atom stereocenters. The van der Waals surface area contributed by atoms with Gasteiger partial charge in [-0.2, -0.15) is 0 Å². The van der Waals surface area contributed by atoms with Crippen LogP contribution in [0.5, 0.6) is 0 Å². The van der Waals surface area contributed by atoms with E-state index in [1.54, 1.807) is 35.6 Å². The van der Waals surface area contributed by atoms with Gasteiger partial charge in [-0.25, -0.2) is 4.98 Å². The van der Waals surface area contributed by atoms with E-state index in [0.29, 0.717) is 39.7 Å². The van der Waals surface area contributed by atoms with Crippen LogP contribution in [0.1, 0.15) is 37.2 Å². The smallest absolute Gasteiger partial charge is 0.273 e. The molecule has 164 valence electrons. The van der Waals surface area contributed by atoms with Crippen LogP contribution in [0.3, 0.4) is 0 Å². The van der Waals surface area contributed by atoms with Gasteiger partial charge in [-0.15, -0.1) is 11.3 Å². The second-order valence-corrected chi connectivity index (χ2v) is 8.40. The minimum absolute atomic E-state index is 0.0872. The average molecular weight is 473 g/mol. The summed E-state index contributed by atoms with van der Waals surface area (Å²) in [6, 6.07) is 5.17. The van der Waals surface area contributed by atoms with Gasteiger partial charge >= 0.3 is 0 Å². The number of thiazole rings is 1. The first kappa shape index (κ1) is 24.4. The van der Waals surface area contributed by atoms with E-state index in [2.05, 4.69) is 15.6 Å². The third-order valence-electron chi connectivity index (χ3n) is 4.37. The van der Waals surface area contributed by atoms with E-state index in [1.165, 1.54) is 11.3 Å². The molecule has 0 bridgehead atoms. The Balaban J connectivity index is 2.04. The molecule has 1 aromatic heterocycles. The first-order chi connectivity index (χ1) is 14.3. The van der Waals surface area contributed by atoms with Crippen LogP contribution in [0.4, 0.5) is 10.8 Å². The fourth-order valence-corrected chi connectivity index (χ4v) is 3.54. The second kappa shape index (κ2) is 12.1. The van der Waals surface area contributed by atoms with E-state index < -0.39 is 0 Å². The number of amides is 2. The van der Waals surface area contributed by atoms with Gasteiger partial charge in [0.1, 0.15) is 5.69 Å². The predicted molar refractivity (Wildman–Crippen MR) is 122 cm³/mol. The lowest BCUT2D eigenvalue weighted by Crippen LogP contribution is -2.39. The van der Waals surface area contributed by atoms with Crippen LogP contribution in [0, 0.1) is 0 Å². The summed E-state index contributed by atoms with van der Waals surface area (Å²) in [5.41, 5.74) is 0.898. The van der Waals surface area contributed by atoms with E-state index >= 15 is 0 Å². The predicted octanol–water partition coefficient (Wildman–Crippen LogP) is 4.59. The van der Waals surface area contributed by atoms with Crippen LogP contribution in [0.25, 0.3) is 0 Å². The number of rotatable bonds is 11. The zero-order valence-corrected chi connectivity index (χ0v) is 19.5. The highest BCUT2D eigenvalue weighted by Gasteiger charge is 2.20. The molecular formula is C20H26Cl2N4O3S. The Bertz CT molecular complexity index is 862. The highest BCUT2D eigenvalue weighted by atomic mass is 35.5. The number of methoxy groups -OCH3 is 1. The molecule has 2 aromatic rings. The van der Waals surface area contributed by atoms with Crippen molar-refractivity contribution in [2.75, 3.05) is 32.1 Å². The van der Waals surface area contributed by atoms with Crippen LogP contribution in [-0.4, -0.2) is 54.5 Å². The lowest BCUT2D eigenvalue weighted by Gasteiger charge is -2.21. The summed E-state index contributed by atoms with van der Waals surface area (Å²) in [5.74, 6) is -0.347. The molecule has 0 aliphatic carbocycles. The standard InChI is InChI=1S/C20H26Cl2N4O3S/c1-4-13(2)23-18(27)7-8-26(9-10-29-3)19(28)17-12-30-20(25-17)24-16-11-14(21)5-6-15(16)22/h5-6,11-13H,4,7-10H2,1-3H3,(H,23,27)(H,24,25). The van der Waals surface area contributed by atoms with Crippen molar-refractivity contribution in [2.24, 2.45) is 0 Å². The number of hydrogen-bond donors (Lipinski definition) is 2. The van der Waals surface area contributed by atoms with Gasteiger partial charge in [0.2, 0.25) is 5.91 Å². The topological polar surface area (TPSA) is 83.6 Å². The molecule has 1 aromatic carbocycles. The average Bonchev–Trinajstić information content (AvgIpc) is 3.18. The Kier molecular flexibility index (Phi) is 9.84. The van der Waals surface area contributed by atoms with Crippen molar-refractivity contribution in [3.63, 3.8) is 0 Å². The van der Waals surface area contributed by atoms with Gasteiger partial charge in [-0.05, 0) is 31.5 Å². The number of halogens is 2. The third-order valence-corrected chi connectivity index (χ3v) is 5.70. The SMILES string of the molecule is CCC(C)NC(=O)CCN(CCOC)C(=O)c1csc(Nc2cc(Cl)ccc2Cl)n1. The van der Waals surface area contributed by atoms with Crippen molar-refractivity contribution in [3.05, 3.63) is 39.3 Å². The fourth-order valence-electron chi connectivity index (χ4n) is 2.50. The summed E-state index contributed by atoms with van der Waals surface area (Å²) in [4.78, 5) is 31.0. The molecule has 1 heterocycles. The van der Waals surface area contributed by atoms with Gasteiger partial charge in [0.25, 0.3) is 5.91 Å². The first-order valence-corrected chi connectivity index (χ1v) is 11.2. The van der Waals surface area contributed by atoms with Gasteiger partial charge in [0.15, 0.2) is 5.13 Å². The molecule has 7 nitrogen and oxygen atoms in total. The molecule has 0 saturated carbocycles. The monoisotopic (exact) mass is 472 g/mol. The maximum absolute atomic E-state index is 12.9. The lowest BCUT2D eigenvalue weighted by molar-refractivity contribution is -0.121. The number of aromatic nitrogens is 1. The molecule has 30 heavy (non-hydrogen) atoms. The summed E-state index contributed by atoms with van der Waals surface area (Å²) in [5, 5.41) is 9.21. The largest absolute Gasteiger partial charge is 0.383 e. The zero-order valence-electron chi connectivity index (χ0n) is 17.2. The first-order valence-electron chi connectivity index (χ1n) is 9.59. The number of carbonyl (C=O) groups excluding carboxylic acids is 2. The maximum Gasteiger partial charge on any atom is 0.273 e. The Morgan fingerprint density at radius 2 is 2.07 bits per heavy atom. The van der Waals surface area contributed by atoms with Crippen molar-refractivity contribution in [3.8, 4) is 0 Å². The van der Waals surface area contributed by atoms with E-state index in [4.69, 9.17) is 27.9 Å². The van der Waals surface area contributed by atoms with Crippen molar-refractivity contribution in [2.45, 2.75) is 32.7 Å². The molecule has 2 rings (SSSR count). The molecule has 2 N–H and O–H groups in total. The number of anilines is 2. The van der Waals surface area contributed by atoms with E-state index in [-0.39, 0.29) is 30.8 Å². The van der Waals surface area contributed by atoms with Crippen LogP contribution >= 0.6 is 34.5 Å². The summed E-state index contributed by atoms with van der Waals surface area (Å²) in [6.45, 7) is 4.97. The highest BCUT2D eigenvalue weighted by molar-refractivity contribution is 7.14. The maximum atomic E-state index is 12.9. The number of carbonyl (C=O) groups is 2. The Hall–Kier alpha value is -1.87. The number of benzene rings is 1. The van der Waals surface area contributed by atoms with Gasteiger partial charge in [0, 0.05) is 43.1 Å². The normalized spacial score (nSPS) is 11.8. The summed E-state index contributed by atoms with van der Waals surface area (Å²) < 4.78 is 5.10. The van der Waals surface area contributed by atoms with Crippen molar-refractivity contribution in [1.29, 1.82) is 0 Å². The molecule has 1 unspecified atom stereocenters. The molecule has 0 aliphatic rings. The molecule has 0 spiro atoms. The molecule has 0 radical (unpaired) electrons. The van der Waals surface area contributed by atoms with Crippen molar-refractivity contribution >= 4 is 57.2 Å². The molecule has 10 heteroatoms. The number of nitrogens with zero attached hydrogens (tertiary/aromatic N) is 2. The summed E-state index contributed by atoms with van der Waals surface area (Å²) in [7, 11) is 1.57. The van der Waals surface area contributed by atoms with Crippen LogP contribution < -0.4 is 10.6 Å². The van der Waals surface area contributed by atoms with Gasteiger partial charge in [-0.3, -0.25) is 9.59 Å². The Labute approximate surface area is 190 Å². The Morgan fingerprint density at radius 3 is 2.77 bits per heavy atom. The lowest BCUT2D eigenvalue weighted by atomic mass is 10.2. The van der Waals surface area contributed by atoms with Crippen LogP contribution in [-0.2, 0) is 9.53 Å². The van der Waals surface area contributed by atoms with E-state index in [1.807, 2.05) is 13.8 Å². The zero-order chi connectivity index (χ0) is 22.1. The van der Waals surface area contributed by atoms with E-state index in [0.717, 1.165) is 6.42 Å². The van der Waals surface area contributed by atoms with E-state index in [9.17, 15) is 9.59 Å². The minimum Gasteiger partial charge on any atom is -0.383 e. The number of hydrogen-bond acceptors (Lipinski definition) is 6. The van der Waals surface area contributed by atoms with Gasteiger partial charge < -0.3 is 20.3 Å². The molecule has 0 fully saturated rings. The third kappa shape index (κ3) is 7.43. The fraction of sp³-hybridized carbons (Fsp3) is 0.450. The summed E-state index contributed by atoms with van der Waals surface area (Å²) in [6.07, 6.45) is 1.07. The van der Waals surface area contributed by atoms with Gasteiger partial charge in [0.05, 0.1) is 17.3 Å². The number of nitrogens with one attached hydrogen (secondary N) is 2. The molecule has 0 aliphatic heterocycles.